The van der Waals surface area contributed by atoms with Crippen LogP contribution in [0.4, 0.5) is 5.69 Å². The molecule has 1 aliphatic heterocycles. The summed E-state index contributed by atoms with van der Waals surface area (Å²) in [4.78, 5) is 28.3. The highest BCUT2D eigenvalue weighted by Gasteiger charge is 2.28. The zero-order valence-corrected chi connectivity index (χ0v) is 16.2. The van der Waals surface area contributed by atoms with Gasteiger partial charge in [-0.2, -0.15) is 0 Å². The van der Waals surface area contributed by atoms with Crippen LogP contribution in [0, 0.1) is 6.92 Å². The number of anilines is 1. The van der Waals surface area contributed by atoms with E-state index in [-0.39, 0.29) is 17.7 Å². The van der Waals surface area contributed by atoms with E-state index in [9.17, 15) is 9.59 Å². The number of nitrogens with zero attached hydrogens (tertiary/aromatic N) is 2. The van der Waals surface area contributed by atoms with E-state index in [1.165, 1.54) is 11.1 Å². The molecule has 1 unspecified atom stereocenters. The molecule has 1 aliphatic rings. The number of carbonyl (C=O) groups excluding carboxylic acids is 2. The fraction of sp³-hybridized carbons (Fsp3) is 0.364. The molecule has 0 radical (unpaired) electrons. The van der Waals surface area contributed by atoms with Crippen LogP contribution in [0.1, 0.15) is 29.0 Å². The van der Waals surface area contributed by atoms with E-state index in [0.717, 1.165) is 17.8 Å². The first-order valence-corrected chi connectivity index (χ1v) is 9.30. The smallest absolute Gasteiger partial charge is 0.234 e. The summed E-state index contributed by atoms with van der Waals surface area (Å²) in [6.45, 7) is 3.60. The van der Waals surface area contributed by atoms with Crippen molar-refractivity contribution >= 4 is 17.5 Å². The molecule has 0 aliphatic carbocycles. The molecule has 27 heavy (non-hydrogen) atoms. The molecular weight excluding hydrogens is 338 g/mol. The number of rotatable bonds is 6. The van der Waals surface area contributed by atoms with Crippen molar-refractivity contribution in [3.8, 4) is 0 Å². The monoisotopic (exact) mass is 365 g/mol. The average molecular weight is 365 g/mol. The molecule has 5 heteroatoms. The van der Waals surface area contributed by atoms with Gasteiger partial charge in [0.05, 0.1) is 6.54 Å². The summed E-state index contributed by atoms with van der Waals surface area (Å²) in [5.41, 5.74) is 4.47. The lowest BCUT2D eigenvalue weighted by atomic mass is 9.89. The fourth-order valence-electron chi connectivity index (χ4n) is 3.51. The summed E-state index contributed by atoms with van der Waals surface area (Å²) >= 11 is 0. The van der Waals surface area contributed by atoms with Crippen LogP contribution in [-0.2, 0) is 16.1 Å². The second kappa shape index (κ2) is 8.35. The summed E-state index contributed by atoms with van der Waals surface area (Å²) in [5.74, 6) is 0.0918. The number of para-hydroxylation sites is 1. The van der Waals surface area contributed by atoms with Crippen molar-refractivity contribution in [1.82, 2.24) is 10.2 Å². The fourth-order valence-corrected chi connectivity index (χ4v) is 3.51. The Morgan fingerprint density at radius 2 is 1.89 bits per heavy atom. The normalized spacial score (nSPS) is 16.4. The Hall–Kier alpha value is -2.66. The zero-order valence-electron chi connectivity index (χ0n) is 16.2. The molecule has 1 N–H and O–H groups in total. The molecule has 2 amide bonds. The van der Waals surface area contributed by atoms with Crippen LogP contribution in [0.3, 0.4) is 0 Å². The van der Waals surface area contributed by atoms with Gasteiger partial charge >= 0.3 is 0 Å². The van der Waals surface area contributed by atoms with Crippen LogP contribution < -0.4 is 10.2 Å². The molecule has 0 fully saturated rings. The van der Waals surface area contributed by atoms with Gasteiger partial charge in [-0.25, -0.2) is 0 Å². The minimum atomic E-state index is -0.0199. The first-order chi connectivity index (χ1) is 12.9. The van der Waals surface area contributed by atoms with Gasteiger partial charge in [0.1, 0.15) is 0 Å². The van der Waals surface area contributed by atoms with E-state index < -0.39 is 0 Å². The van der Waals surface area contributed by atoms with Crippen LogP contribution in [0.25, 0.3) is 0 Å². The van der Waals surface area contributed by atoms with Crippen LogP contribution in [0.15, 0.2) is 48.5 Å². The molecule has 1 heterocycles. The molecule has 3 rings (SSSR count). The Kier molecular flexibility index (Phi) is 5.91. The molecule has 0 saturated carbocycles. The number of carbonyl (C=O) groups is 2. The molecule has 5 nitrogen and oxygen atoms in total. The number of fused-ring (bicyclic) bond motifs is 1. The van der Waals surface area contributed by atoms with Crippen molar-refractivity contribution in [3.05, 3.63) is 65.2 Å². The maximum Gasteiger partial charge on any atom is 0.234 e. The van der Waals surface area contributed by atoms with E-state index >= 15 is 0 Å². The Balaban J connectivity index is 1.54. The third kappa shape index (κ3) is 4.74. The van der Waals surface area contributed by atoms with Gasteiger partial charge in [-0.3, -0.25) is 14.5 Å². The standard InChI is InChI=1S/C22H27N3O2/c1-16-8-10-17(11-9-16)14-24(2)15-21(26)23-13-18-12-22(27)25(3)20-7-5-4-6-19(18)20/h4-11,18H,12-15H2,1-3H3,(H,23,26). The summed E-state index contributed by atoms with van der Waals surface area (Å²) in [5, 5.41) is 3.00. The van der Waals surface area contributed by atoms with Crippen LogP contribution in [0.5, 0.6) is 0 Å². The van der Waals surface area contributed by atoms with E-state index in [0.29, 0.717) is 19.5 Å². The second-order valence-electron chi connectivity index (χ2n) is 7.37. The minimum absolute atomic E-state index is 0.0199. The van der Waals surface area contributed by atoms with Crippen LogP contribution in [0.2, 0.25) is 0 Å². The lowest BCUT2D eigenvalue weighted by Gasteiger charge is -2.31. The summed E-state index contributed by atoms with van der Waals surface area (Å²) < 4.78 is 0. The summed E-state index contributed by atoms with van der Waals surface area (Å²) in [6, 6.07) is 16.2. The van der Waals surface area contributed by atoms with Crippen molar-refractivity contribution in [2.75, 3.05) is 32.1 Å². The molecular formula is C22H27N3O2. The van der Waals surface area contributed by atoms with Gasteiger partial charge in [-0.15, -0.1) is 0 Å². The quantitative estimate of drug-likeness (QED) is 0.856. The molecule has 2 aromatic carbocycles. The molecule has 0 spiro atoms. The topological polar surface area (TPSA) is 52.7 Å². The van der Waals surface area contributed by atoms with Crippen molar-refractivity contribution < 1.29 is 9.59 Å². The van der Waals surface area contributed by atoms with Crippen molar-refractivity contribution in [1.29, 1.82) is 0 Å². The van der Waals surface area contributed by atoms with Gasteiger partial charge in [-0.1, -0.05) is 48.0 Å². The third-order valence-electron chi connectivity index (χ3n) is 5.07. The number of aryl methyl sites for hydroxylation is 1. The van der Waals surface area contributed by atoms with E-state index in [2.05, 4.69) is 36.5 Å². The molecule has 0 aromatic heterocycles. The highest BCUT2D eigenvalue weighted by Crippen LogP contribution is 2.34. The van der Waals surface area contributed by atoms with E-state index in [1.54, 1.807) is 11.9 Å². The summed E-state index contributed by atoms with van der Waals surface area (Å²) in [6.07, 6.45) is 0.424. The molecule has 1 atom stereocenters. The largest absolute Gasteiger partial charge is 0.354 e. The second-order valence-corrected chi connectivity index (χ2v) is 7.37. The van der Waals surface area contributed by atoms with Gasteiger partial charge in [0.25, 0.3) is 0 Å². The molecule has 0 saturated heterocycles. The Labute approximate surface area is 161 Å². The first kappa shape index (κ1) is 19.1. The number of likely N-dealkylation sites (N-methyl/N-ethyl adjacent to an activating group) is 1. The number of amides is 2. The number of benzene rings is 2. The Morgan fingerprint density at radius 3 is 2.63 bits per heavy atom. The lowest BCUT2D eigenvalue weighted by Crippen LogP contribution is -2.40. The van der Waals surface area contributed by atoms with Crippen molar-refractivity contribution in [2.45, 2.75) is 25.8 Å². The molecule has 142 valence electrons. The average Bonchev–Trinajstić information content (AvgIpc) is 2.65. The van der Waals surface area contributed by atoms with Gasteiger partial charge in [0, 0.05) is 38.2 Å². The maximum atomic E-state index is 12.4. The van der Waals surface area contributed by atoms with Gasteiger partial charge < -0.3 is 10.2 Å². The van der Waals surface area contributed by atoms with E-state index in [4.69, 9.17) is 0 Å². The van der Waals surface area contributed by atoms with Crippen LogP contribution >= 0.6 is 0 Å². The van der Waals surface area contributed by atoms with Gasteiger partial charge in [0.15, 0.2) is 0 Å². The lowest BCUT2D eigenvalue weighted by molar-refractivity contribution is -0.123. The SMILES string of the molecule is Cc1ccc(CN(C)CC(=O)NCC2CC(=O)N(C)c3ccccc32)cc1. The Morgan fingerprint density at radius 1 is 1.19 bits per heavy atom. The van der Waals surface area contributed by atoms with Gasteiger partial charge in [-0.05, 0) is 31.2 Å². The number of hydrogen-bond acceptors (Lipinski definition) is 3. The van der Waals surface area contributed by atoms with Gasteiger partial charge in [0.2, 0.25) is 11.8 Å². The predicted molar refractivity (Wildman–Crippen MR) is 108 cm³/mol. The van der Waals surface area contributed by atoms with Crippen LogP contribution in [-0.4, -0.2) is 43.9 Å². The highest BCUT2D eigenvalue weighted by molar-refractivity contribution is 5.96. The Bertz CT molecular complexity index is 817. The number of hydrogen-bond donors (Lipinski definition) is 1. The first-order valence-electron chi connectivity index (χ1n) is 9.30. The summed E-state index contributed by atoms with van der Waals surface area (Å²) in [7, 11) is 3.74. The van der Waals surface area contributed by atoms with Crippen molar-refractivity contribution in [3.63, 3.8) is 0 Å². The van der Waals surface area contributed by atoms with Crippen molar-refractivity contribution in [2.24, 2.45) is 0 Å². The zero-order chi connectivity index (χ0) is 19.4. The minimum Gasteiger partial charge on any atom is -0.354 e. The highest BCUT2D eigenvalue weighted by atomic mass is 16.2. The predicted octanol–water partition coefficient (Wildman–Crippen LogP) is 2.69. The molecule has 2 aromatic rings. The molecule has 0 bridgehead atoms. The van der Waals surface area contributed by atoms with E-state index in [1.807, 2.05) is 36.2 Å². The third-order valence-corrected chi connectivity index (χ3v) is 5.07. The number of nitrogens with one attached hydrogen (secondary N) is 1. The maximum absolute atomic E-state index is 12.4.